The van der Waals surface area contributed by atoms with E-state index in [1.54, 1.807) is 6.07 Å². The number of amides is 2. The van der Waals surface area contributed by atoms with Crippen molar-refractivity contribution in [2.24, 2.45) is 5.92 Å². The third-order valence-electron chi connectivity index (χ3n) is 4.21. The zero-order valence-corrected chi connectivity index (χ0v) is 15.8. The van der Waals surface area contributed by atoms with Gasteiger partial charge in [0, 0.05) is 18.5 Å². The van der Waals surface area contributed by atoms with Crippen molar-refractivity contribution >= 4 is 39.6 Å². The summed E-state index contributed by atoms with van der Waals surface area (Å²) in [5.41, 5.74) is 0.715. The number of thiazole rings is 1. The molecule has 1 fully saturated rings. The topological polar surface area (TPSA) is 74.3 Å². The van der Waals surface area contributed by atoms with Crippen molar-refractivity contribution in [3.05, 3.63) is 33.5 Å². The van der Waals surface area contributed by atoms with Gasteiger partial charge in [0.2, 0.25) is 5.91 Å². The van der Waals surface area contributed by atoms with Gasteiger partial charge in [-0.3, -0.25) is 14.9 Å². The summed E-state index contributed by atoms with van der Waals surface area (Å²) in [6.45, 7) is 2.58. The normalized spacial score (nSPS) is 17.5. The molecule has 1 aliphatic heterocycles. The smallest absolute Gasteiger partial charge is 0.267 e. The van der Waals surface area contributed by atoms with Gasteiger partial charge in [-0.05, 0) is 43.8 Å². The van der Waals surface area contributed by atoms with Gasteiger partial charge in [-0.25, -0.2) is 4.98 Å². The van der Waals surface area contributed by atoms with E-state index in [1.165, 1.54) is 29.1 Å². The van der Waals surface area contributed by atoms with Crippen LogP contribution in [0.3, 0.4) is 0 Å². The molecule has 1 saturated heterocycles. The van der Waals surface area contributed by atoms with E-state index in [9.17, 15) is 9.59 Å². The number of anilines is 1. The second kappa shape index (κ2) is 8.55. The number of nitrogens with one attached hydrogen (secondary N) is 2. The molecule has 8 heteroatoms. The number of likely N-dealkylation sites (tertiary alicyclic amines) is 1. The molecular weight excluding hydrogens is 356 g/mol. The van der Waals surface area contributed by atoms with Crippen LogP contribution < -0.4 is 10.6 Å². The lowest BCUT2D eigenvalue weighted by Crippen LogP contribution is -2.43. The first kappa shape index (κ1) is 18.0. The maximum atomic E-state index is 12.5. The van der Waals surface area contributed by atoms with Gasteiger partial charge in [-0.1, -0.05) is 6.07 Å². The van der Waals surface area contributed by atoms with Crippen LogP contribution in [0.2, 0.25) is 0 Å². The molecule has 0 aliphatic carbocycles. The van der Waals surface area contributed by atoms with Gasteiger partial charge in [0.1, 0.15) is 0 Å². The second-order valence-corrected chi connectivity index (χ2v) is 7.96. The maximum Gasteiger partial charge on any atom is 0.267 e. The minimum Gasteiger partial charge on any atom is -0.342 e. The fourth-order valence-electron chi connectivity index (χ4n) is 3.03. The molecule has 134 valence electrons. The van der Waals surface area contributed by atoms with Gasteiger partial charge in [0.05, 0.1) is 17.0 Å². The zero-order chi connectivity index (χ0) is 17.6. The van der Waals surface area contributed by atoms with E-state index in [4.69, 9.17) is 0 Å². The van der Waals surface area contributed by atoms with Crippen LogP contribution >= 0.6 is 22.7 Å². The monoisotopic (exact) mass is 378 g/mol. The summed E-state index contributed by atoms with van der Waals surface area (Å²) in [5.74, 6) is 0.481. The number of hydrogen-bond donors (Lipinski definition) is 2. The Morgan fingerprint density at radius 2 is 2.28 bits per heavy atom. The highest BCUT2D eigenvalue weighted by molar-refractivity contribution is 7.14. The number of aromatic nitrogens is 1. The zero-order valence-electron chi connectivity index (χ0n) is 14.2. The molecule has 3 rings (SSSR count). The predicted molar refractivity (Wildman–Crippen MR) is 101 cm³/mol. The molecule has 0 saturated carbocycles. The first-order valence-corrected chi connectivity index (χ1v) is 10.1. The lowest BCUT2D eigenvalue weighted by Gasteiger charge is -2.32. The number of piperidine rings is 1. The Morgan fingerprint density at radius 1 is 1.40 bits per heavy atom. The summed E-state index contributed by atoms with van der Waals surface area (Å²) in [6.07, 6.45) is 2.51. The second-order valence-electron chi connectivity index (χ2n) is 6.16. The lowest BCUT2D eigenvalue weighted by atomic mass is 9.98. The summed E-state index contributed by atoms with van der Waals surface area (Å²) < 4.78 is 0. The van der Waals surface area contributed by atoms with Gasteiger partial charge in [0.15, 0.2) is 5.13 Å². The minimum atomic E-state index is -0.159. The average Bonchev–Trinajstić information content (AvgIpc) is 3.27. The van der Waals surface area contributed by atoms with E-state index in [-0.39, 0.29) is 18.2 Å². The van der Waals surface area contributed by atoms with Crippen LogP contribution in [0.5, 0.6) is 0 Å². The Balaban J connectivity index is 1.54. The molecule has 2 aromatic rings. The largest absolute Gasteiger partial charge is 0.342 e. The number of carbonyl (C=O) groups is 2. The van der Waals surface area contributed by atoms with E-state index < -0.39 is 0 Å². The Kier molecular flexibility index (Phi) is 6.17. The molecule has 0 radical (unpaired) electrons. The van der Waals surface area contributed by atoms with Gasteiger partial charge in [0.25, 0.3) is 5.91 Å². The summed E-state index contributed by atoms with van der Waals surface area (Å²) >= 11 is 2.74. The molecule has 6 nitrogen and oxygen atoms in total. The summed E-state index contributed by atoms with van der Waals surface area (Å²) in [6, 6.07) is 3.61. The fraction of sp³-hybridized carbons (Fsp3) is 0.471. The van der Waals surface area contributed by atoms with E-state index >= 15 is 0 Å². The van der Waals surface area contributed by atoms with Crippen LogP contribution in [-0.4, -0.2) is 48.4 Å². The van der Waals surface area contributed by atoms with Gasteiger partial charge in [-0.15, -0.1) is 22.7 Å². The van der Waals surface area contributed by atoms with Crippen LogP contribution in [0.4, 0.5) is 5.13 Å². The van der Waals surface area contributed by atoms with E-state index in [1.807, 2.05) is 28.8 Å². The van der Waals surface area contributed by atoms with Crippen LogP contribution in [-0.2, 0) is 11.2 Å². The van der Waals surface area contributed by atoms with Gasteiger partial charge >= 0.3 is 0 Å². The molecule has 0 bridgehead atoms. The van der Waals surface area contributed by atoms with Crippen LogP contribution in [0.1, 0.15) is 28.2 Å². The Bertz CT molecular complexity index is 712. The van der Waals surface area contributed by atoms with E-state index in [0.717, 1.165) is 26.1 Å². The van der Waals surface area contributed by atoms with Crippen molar-refractivity contribution in [2.45, 2.75) is 19.3 Å². The minimum absolute atomic E-state index is 0.113. The molecule has 2 N–H and O–H groups in total. The highest BCUT2D eigenvalue weighted by atomic mass is 32.1. The van der Waals surface area contributed by atoms with Crippen molar-refractivity contribution in [3.63, 3.8) is 0 Å². The first-order chi connectivity index (χ1) is 12.2. The van der Waals surface area contributed by atoms with Crippen molar-refractivity contribution in [1.29, 1.82) is 0 Å². The van der Waals surface area contributed by atoms with Crippen LogP contribution in [0.15, 0.2) is 22.9 Å². The fourth-order valence-corrected chi connectivity index (χ4v) is 4.35. The third-order valence-corrected chi connectivity index (χ3v) is 5.89. The number of rotatable bonds is 6. The quantitative estimate of drug-likeness (QED) is 0.810. The highest BCUT2D eigenvalue weighted by Crippen LogP contribution is 2.20. The van der Waals surface area contributed by atoms with E-state index in [2.05, 4.69) is 15.6 Å². The van der Waals surface area contributed by atoms with Crippen LogP contribution in [0, 0.1) is 5.92 Å². The van der Waals surface area contributed by atoms with Crippen molar-refractivity contribution in [2.75, 3.05) is 32.0 Å². The Labute approximate surface area is 155 Å². The average molecular weight is 379 g/mol. The molecule has 1 atom stereocenters. The SMILES string of the molecule is CNCC1CCCN(C(=O)Cc2csc(NC(=O)c3cccs3)n2)C1. The summed E-state index contributed by atoms with van der Waals surface area (Å²) in [7, 11) is 1.95. The molecular formula is C17H22N4O2S2. The standard InChI is InChI=1S/C17H22N4O2S2/c1-18-9-12-4-2-6-21(10-12)15(22)8-13-11-25-17(19-13)20-16(23)14-5-3-7-24-14/h3,5,7,11-12,18H,2,4,6,8-10H2,1H3,(H,19,20,23). The predicted octanol–water partition coefficient (Wildman–Crippen LogP) is 2.46. The van der Waals surface area contributed by atoms with Crippen LogP contribution in [0.25, 0.3) is 0 Å². The summed E-state index contributed by atoms with van der Waals surface area (Å²) in [5, 5.41) is 10.2. The van der Waals surface area contributed by atoms with Crippen molar-refractivity contribution in [3.8, 4) is 0 Å². The van der Waals surface area contributed by atoms with E-state index in [0.29, 0.717) is 21.6 Å². The molecule has 25 heavy (non-hydrogen) atoms. The number of hydrogen-bond acceptors (Lipinski definition) is 6. The van der Waals surface area contributed by atoms with Crippen molar-refractivity contribution < 1.29 is 9.59 Å². The van der Waals surface area contributed by atoms with Crippen molar-refractivity contribution in [1.82, 2.24) is 15.2 Å². The molecule has 0 aromatic carbocycles. The number of carbonyl (C=O) groups excluding carboxylic acids is 2. The molecule has 1 aliphatic rings. The number of nitrogens with zero attached hydrogens (tertiary/aromatic N) is 2. The highest BCUT2D eigenvalue weighted by Gasteiger charge is 2.23. The Morgan fingerprint density at radius 3 is 3.04 bits per heavy atom. The maximum absolute atomic E-state index is 12.5. The van der Waals surface area contributed by atoms with Gasteiger partial charge < -0.3 is 10.2 Å². The molecule has 0 spiro atoms. The Hall–Kier alpha value is -1.77. The van der Waals surface area contributed by atoms with Gasteiger partial charge in [-0.2, -0.15) is 0 Å². The third kappa shape index (κ3) is 4.87. The molecule has 1 unspecified atom stereocenters. The molecule has 3 heterocycles. The number of thiophene rings is 1. The molecule has 2 aromatic heterocycles. The first-order valence-electron chi connectivity index (χ1n) is 8.37. The lowest BCUT2D eigenvalue weighted by molar-refractivity contribution is -0.132. The summed E-state index contributed by atoms with van der Waals surface area (Å²) in [4.78, 5) is 31.5. The molecule has 2 amide bonds.